The molecule has 1 unspecified atom stereocenters. The average molecular weight is 474 g/mol. The topological polar surface area (TPSA) is 79.9 Å². The summed E-state index contributed by atoms with van der Waals surface area (Å²) >= 11 is 0. The summed E-state index contributed by atoms with van der Waals surface area (Å²) in [4.78, 5) is 27.6. The highest BCUT2D eigenvalue weighted by molar-refractivity contribution is 6.04. The zero-order chi connectivity index (χ0) is 24.6. The highest BCUT2D eigenvalue weighted by Crippen LogP contribution is 2.28. The van der Waals surface area contributed by atoms with Crippen LogP contribution in [0.5, 0.6) is 11.5 Å². The number of hydrogen-bond acceptors (Lipinski definition) is 4. The minimum Gasteiger partial charge on any atom is -0.497 e. The van der Waals surface area contributed by atoms with Crippen LogP contribution in [0.4, 0.5) is 16.2 Å². The van der Waals surface area contributed by atoms with Crippen LogP contribution in [0, 0.1) is 0 Å². The monoisotopic (exact) mass is 473 g/mol. The van der Waals surface area contributed by atoms with Crippen LogP contribution in [0.25, 0.3) is 0 Å². The first-order valence-corrected chi connectivity index (χ1v) is 11.9. The van der Waals surface area contributed by atoms with Gasteiger partial charge in [0.25, 0.3) is 5.91 Å². The molecule has 1 saturated heterocycles. The maximum Gasteiger partial charge on any atom is 0.321 e. The van der Waals surface area contributed by atoms with Gasteiger partial charge < -0.3 is 25.0 Å². The van der Waals surface area contributed by atoms with E-state index in [2.05, 4.69) is 10.6 Å². The summed E-state index contributed by atoms with van der Waals surface area (Å²) in [6.45, 7) is 3.84. The third-order valence-corrected chi connectivity index (χ3v) is 6.07. The van der Waals surface area contributed by atoms with E-state index < -0.39 is 0 Å². The van der Waals surface area contributed by atoms with E-state index in [0.29, 0.717) is 36.7 Å². The Balaban J connectivity index is 1.39. The Morgan fingerprint density at radius 3 is 2.51 bits per heavy atom. The Kier molecular flexibility index (Phi) is 7.88. The molecule has 3 aromatic rings. The second-order valence-electron chi connectivity index (χ2n) is 8.48. The van der Waals surface area contributed by atoms with Crippen molar-refractivity contribution in [1.29, 1.82) is 0 Å². The quantitative estimate of drug-likeness (QED) is 0.457. The number of methoxy groups -OCH3 is 1. The summed E-state index contributed by atoms with van der Waals surface area (Å²) < 4.78 is 10.7. The van der Waals surface area contributed by atoms with Crippen molar-refractivity contribution >= 4 is 23.3 Å². The highest BCUT2D eigenvalue weighted by atomic mass is 16.5. The van der Waals surface area contributed by atoms with Gasteiger partial charge in [-0.25, -0.2) is 4.79 Å². The normalized spacial score (nSPS) is 15.3. The molecule has 0 spiro atoms. The Hall–Kier alpha value is -4.00. The van der Waals surface area contributed by atoms with Crippen LogP contribution in [-0.4, -0.2) is 43.6 Å². The molecule has 1 heterocycles. The largest absolute Gasteiger partial charge is 0.497 e. The number of carbonyl (C=O) groups is 2. The van der Waals surface area contributed by atoms with Gasteiger partial charge in [0.2, 0.25) is 0 Å². The van der Waals surface area contributed by atoms with Crippen LogP contribution in [0.3, 0.4) is 0 Å². The highest BCUT2D eigenvalue weighted by Gasteiger charge is 2.25. The van der Waals surface area contributed by atoms with Crippen LogP contribution in [-0.2, 0) is 0 Å². The lowest BCUT2D eigenvalue weighted by atomic mass is 9.89. The number of benzene rings is 3. The first-order valence-electron chi connectivity index (χ1n) is 11.9. The van der Waals surface area contributed by atoms with E-state index in [-0.39, 0.29) is 17.9 Å². The molecule has 0 saturated carbocycles. The van der Waals surface area contributed by atoms with Crippen molar-refractivity contribution in [2.45, 2.75) is 25.7 Å². The van der Waals surface area contributed by atoms with Crippen LogP contribution in [0.1, 0.15) is 41.6 Å². The fourth-order valence-electron chi connectivity index (χ4n) is 4.28. The van der Waals surface area contributed by atoms with Gasteiger partial charge in [-0.15, -0.1) is 0 Å². The van der Waals surface area contributed by atoms with E-state index >= 15 is 0 Å². The summed E-state index contributed by atoms with van der Waals surface area (Å²) in [7, 11) is 1.59. The summed E-state index contributed by atoms with van der Waals surface area (Å²) in [6.07, 6.45) is 1.87. The van der Waals surface area contributed by atoms with E-state index in [1.807, 2.05) is 72.5 Å². The molecule has 7 nitrogen and oxygen atoms in total. The number of nitrogens with zero attached hydrogens (tertiary/aromatic N) is 1. The van der Waals surface area contributed by atoms with Crippen molar-refractivity contribution in [2.24, 2.45) is 0 Å². The summed E-state index contributed by atoms with van der Waals surface area (Å²) in [5.41, 5.74) is 3.05. The van der Waals surface area contributed by atoms with Crippen molar-refractivity contribution in [3.8, 4) is 11.5 Å². The van der Waals surface area contributed by atoms with E-state index in [1.54, 1.807) is 19.2 Å². The van der Waals surface area contributed by atoms with Gasteiger partial charge in [0.15, 0.2) is 0 Å². The van der Waals surface area contributed by atoms with Gasteiger partial charge >= 0.3 is 6.03 Å². The van der Waals surface area contributed by atoms with Crippen LogP contribution in [0.15, 0.2) is 72.8 Å². The molecule has 3 amide bonds. The van der Waals surface area contributed by atoms with Crippen molar-refractivity contribution in [1.82, 2.24) is 4.90 Å². The summed E-state index contributed by atoms with van der Waals surface area (Å²) in [5, 5.41) is 5.90. The lowest BCUT2D eigenvalue weighted by Crippen LogP contribution is -2.41. The number of ether oxygens (including phenoxy) is 2. The first-order chi connectivity index (χ1) is 17.1. The molecule has 0 aliphatic carbocycles. The van der Waals surface area contributed by atoms with Crippen molar-refractivity contribution in [2.75, 3.05) is 37.4 Å². The van der Waals surface area contributed by atoms with Crippen molar-refractivity contribution in [3.05, 3.63) is 83.9 Å². The minimum absolute atomic E-state index is 0.120. The predicted molar refractivity (Wildman–Crippen MR) is 138 cm³/mol. The van der Waals surface area contributed by atoms with Crippen molar-refractivity contribution < 1.29 is 19.1 Å². The van der Waals surface area contributed by atoms with E-state index in [1.165, 1.54) is 0 Å². The SMILES string of the molecule is CCOc1ccc(NC(=O)N2CCCC(c3cccc(C(=O)Nc4cccc(OC)c4)c3)C2)cc1. The van der Waals surface area contributed by atoms with Gasteiger partial charge in [0.05, 0.1) is 13.7 Å². The third kappa shape index (κ3) is 6.32. The van der Waals surface area contributed by atoms with Gasteiger partial charge in [-0.3, -0.25) is 4.79 Å². The standard InChI is InChI=1S/C28H31N3O4/c1-3-35-25-14-12-23(13-15-25)30-28(33)31-16-6-9-22(19-31)20-7-4-8-21(17-20)27(32)29-24-10-5-11-26(18-24)34-2/h4-5,7-8,10-15,17-18,22H,3,6,9,16,19H2,1-2H3,(H,29,32)(H,30,33). The maximum absolute atomic E-state index is 12.9. The molecule has 1 fully saturated rings. The van der Waals surface area contributed by atoms with E-state index in [0.717, 1.165) is 29.8 Å². The Morgan fingerprint density at radius 1 is 0.943 bits per heavy atom. The Labute approximate surface area is 206 Å². The molecule has 0 radical (unpaired) electrons. The molecule has 0 aromatic heterocycles. The lowest BCUT2D eigenvalue weighted by Gasteiger charge is -2.33. The molecule has 0 bridgehead atoms. The molecule has 182 valence electrons. The lowest BCUT2D eigenvalue weighted by molar-refractivity contribution is 0.102. The number of likely N-dealkylation sites (tertiary alicyclic amines) is 1. The number of amides is 3. The molecule has 1 atom stereocenters. The fraction of sp³-hybridized carbons (Fsp3) is 0.286. The molecular formula is C28H31N3O4. The summed E-state index contributed by atoms with van der Waals surface area (Å²) in [5.74, 6) is 1.45. The number of anilines is 2. The van der Waals surface area contributed by atoms with Crippen LogP contribution < -0.4 is 20.1 Å². The zero-order valence-corrected chi connectivity index (χ0v) is 20.1. The second kappa shape index (κ2) is 11.4. The number of hydrogen-bond donors (Lipinski definition) is 2. The summed E-state index contributed by atoms with van der Waals surface area (Å²) in [6, 6.07) is 22.2. The van der Waals surface area contributed by atoms with Crippen LogP contribution in [0.2, 0.25) is 0 Å². The third-order valence-electron chi connectivity index (χ3n) is 6.07. The second-order valence-corrected chi connectivity index (χ2v) is 8.48. The number of piperidine rings is 1. The molecule has 3 aromatic carbocycles. The van der Waals surface area contributed by atoms with Gasteiger partial charge in [-0.05, 0) is 73.9 Å². The van der Waals surface area contributed by atoms with Crippen molar-refractivity contribution in [3.63, 3.8) is 0 Å². The molecule has 7 heteroatoms. The minimum atomic E-state index is -0.180. The number of urea groups is 1. The molecular weight excluding hydrogens is 442 g/mol. The fourth-order valence-corrected chi connectivity index (χ4v) is 4.28. The maximum atomic E-state index is 12.9. The number of nitrogens with one attached hydrogen (secondary N) is 2. The smallest absolute Gasteiger partial charge is 0.321 e. The number of carbonyl (C=O) groups excluding carboxylic acids is 2. The molecule has 1 aliphatic rings. The molecule has 4 rings (SSSR count). The first kappa shape index (κ1) is 24.1. The van der Waals surface area contributed by atoms with Gasteiger partial charge in [-0.2, -0.15) is 0 Å². The van der Waals surface area contributed by atoms with Gasteiger partial charge in [-0.1, -0.05) is 18.2 Å². The molecule has 2 N–H and O–H groups in total. The molecule has 1 aliphatic heterocycles. The van der Waals surface area contributed by atoms with Crippen LogP contribution >= 0.6 is 0 Å². The zero-order valence-electron chi connectivity index (χ0n) is 20.1. The average Bonchev–Trinajstić information content (AvgIpc) is 2.90. The number of rotatable bonds is 7. The predicted octanol–water partition coefficient (Wildman–Crippen LogP) is 5.76. The van der Waals surface area contributed by atoms with E-state index in [9.17, 15) is 9.59 Å². The van der Waals surface area contributed by atoms with E-state index in [4.69, 9.17) is 9.47 Å². The Morgan fingerprint density at radius 2 is 1.74 bits per heavy atom. The molecule has 35 heavy (non-hydrogen) atoms. The Bertz CT molecular complexity index is 1160. The van der Waals surface area contributed by atoms with Gasteiger partial charge in [0.1, 0.15) is 11.5 Å². The van der Waals surface area contributed by atoms with Gasteiger partial charge in [0, 0.05) is 42.0 Å².